The largest absolute Gasteiger partial charge is 0.439 e. The predicted octanol–water partition coefficient (Wildman–Crippen LogP) is 4.47. The first-order valence-corrected chi connectivity index (χ1v) is 7.15. The summed E-state index contributed by atoms with van der Waals surface area (Å²) >= 11 is 6.13. The van der Waals surface area contributed by atoms with Gasteiger partial charge in [-0.1, -0.05) is 25.4 Å². The summed E-state index contributed by atoms with van der Waals surface area (Å²) < 4.78 is 18.8. The number of benzene rings is 1. The molecule has 1 aromatic heterocycles. The van der Waals surface area contributed by atoms with Crippen molar-refractivity contribution in [1.29, 1.82) is 0 Å². The average molecular weight is 309 g/mol. The van der Waals surface area contributed by atoms with Gasteiger partial charge in [0.2, 0.25) is 5.88 Å². The van der Waals surface area contributed by atoms with Gasteiger partial charge in [0.15, 0.2) is 0 Å². The van der Waals surface area contributed by atoms with E-state index in [1.54, 1.807) is 25.3 Å². The first kappa shape index (κ1) is 15.7. The van der Waals surface area contributed by atoms with E-state index in [0.717, 1.165) is 5.56 Å². The molecule has 0 bridgehead atoms. The number of nitrogens with zero attached hydrogens (tertiary/aromatic N) is 1. The van der Waals surface area contributed by atoms with Crippen molar-refractivity contribution in [1.82, 2.24) is 10.3 Å². The summed E-state index contributed by atoms with van der Waals surface area (Å²) in [6, 6.07) is 6.53. The maximum absolute atomic E-state index is 13.1. The minimum absolute atomic E-state index is 0.286. The number of hydrogen-bond donors (Lipinski definition) is 1. The van der Waals surface area contributed by atoms with Crippen molar-refractivity contribution in [2.45, 2.75) is 33.4 Å². The Morgan fingerprint density at radius 3 is 2.76 bits per heavy atom. The number of halogens is 2. The molecule has 0 unspecified atom stereocenters. The van der Waals surface area contributed by atoms with Crippen LogP contribution in [0.4, 0.5) is 4.39 Å². The van der Waals surface area contributed by atoms with Crippen molar-refractivity contribution >= 4 is 11.6 Å². The third-order valence-corrected chi connectivity index (χ3v) is 3.30. The fraction of sp³-hybridized carbons (Fsp3) is 0.312. The quantitative estimate of drug-likeness (QED) is 0.884. The lowest BCUT2D eigenvalue weighted by Gasteiger charge is -2.12. The molecular weight excluding hydrogens is 291 g/mol. The Bertz CT molecular complexity index is 632. The van der Waals surface area contributed by atoms with E-state index in [-0.39, 0.29) is 5.82 Å². The van der Waals surface area contributed by atoms with Gasteiger partial charge in [-0.2, -0.15) is 0 Å². The van der Waals surface area contributed by atoms with E-state index in [9.17, 15) is 4.39 Å². The first-order chi connectivity index (χ1) is 9.95. The van der Waals surface area contributed by atoms with Gasteiger partial charge in [-0.3, -0.25) is 0 Å². The lowest BCUT2D eigenvalue weighted by molar-refractivity contribution is 0.456. The maximum atomic E-state index is 13.1. The molecule has 1 N–H and O–H groups in total. The average Bonchev–Trinajstić information content (AvgIpc) is 2.42. The summed E-state index contributed by atoms with van der Waals surface area (Å²) in [6.07, 6.45) is 1.56. The summed E-state index contributed by atoms with van der Waals surface area (Å²) in [5, 5.41) is 3.88. The fourth-order valence-electron chi connectivity index (χ4n) is 1.80. The molecule has 3 nitrogen and oxygen atoms in total. The molecule has 2 rings (SSSR count). The molecule has 0 atom stereocenters. The number of rotatable bonds is 5. The minimum Gasteiger partial charge on any atom is -0.439 e. The normalized spacial score (nSPS) is 11.0. The number of aromatic nitrogens is 1. The Hall–Kier alpha value is -1.65. The van der Waals surface area contributed by atoms with Crippen LogP contribution in [-0.2, 0) is 6.54 Å². The second-order valence-electron chi connectivity index (χ2n) is 5.16. The van der Waals surface area contributed by atoms with Crippen LogP contribution in [0.2, 0.25) is 5.02 Å². The van der Waals surface area contributed by atoms with Crippen LogP contribution in [0.25, 0.3) is 0 Å². The van der Waals surface area contributed by atoms with Gasteiger partial charge in [-0.05, 0) is 36.2 Å². The van der Waals surface area contributed by atoms with E-state index in [1.807, 2.05) is 0 Å². The van der Waals surface area contributed by atoms with Crippen molar-refractivity contribution in [3.8, 4) is 11.6 Å². The molecule has 5 heteroatoms. The molecular formula is C16H18ClFN2O. The topological polar surface area (TPSA) is 34.1 Å². The van der Waals surface area contributed by atoms with Gasteiger partial charge < -0.3 is 10.1 Å². The highest BCUT2D eigenvalue weighted by atomic mass is 35.5. The highest BCUT2D eigenvalue weighted by Crippen LogP contribution is 2.26. The molecule has 0 saturated carbocycles. The molecule has 1 aromatic carbocycles. The summed E-state index contributed by atoms with van der Waals surface area (Å²) in [5.74, 6) is 0.731. The van der Waals surface area contributed by atoms with E-state index in [2.05, 4.69) is 24.1 Å². The van der Waals surface area contributed by atoms with Crippen molar-refractivity contribution < 1.29 is 9.13 Å². The molecule has 0 aliphatic rings. The molecule has 0 fully saturated rings. The molecule has 0 saturated heterocycles. The van der Waals surface area contributed by atoms with Gasteiger partial charge in [-0.25, -0.2) is 9.37 Å². The van der Waals surface area contributed by atoms with E-state index in [4.69, 9.17) is 16.3 Å². The highest BCUT2D eigenvalue weighted by molar-refractivity contribution is 6.31. The molecule has 0 spiro atoms. The highest BCUT2D eigenvalue weighted by Gasteiger charge is 2.08. The molecule has 1 heterocycles. The summed E-state index contributed by atoms with van der Waals surface area (Å²) in [6.45, 7) is 6.55. The van der Waals surface area contributed by atoms with E-state index in [1.165, 1.54) is 12.1 Å². The standard InChI is InChI=1S/C16H18ClFN2O/c1-10(2)19-8-12-7-16(20-9-14(12)17)21-15-5-4-13(18)6-11(15)3/h4-7,9-10,19H,8H2,1-3H3. The Labute approximate surface area is 129 Å². The Kier molecular flexibility index (Phi) is 5.15. The van der Waals surface area contributed by atoms with Gasteiger partial charge in [0.25, 0.3) is 0 Å². The molecule has 21 heavy (non-hydrogen) atoms. The van der Waals surface area contributed by atoms with Gasteiger partial charge in [0.1, 0.15) is 11.6 Å². The zero-order valence-electron chi connectivity index (χ0n) is 12.3. The molecule has 0 aliphatic carbocycles. The second kappa shape index (κ2) is 6.87. The third-order valence-electron chi connectivity index (χ3n) is 2.96. The van der Waals surface area contributed by atoms with Gasteiger partial charge >= 0.3 is 0 Å². The van der Waals surface area contributed by atoms with Crippen LogP contribution in [0.5, 0.6) is 11.6 Å². The second-order valence-corrected chi connectivity index (χ2v) is 5.57. The van der Waals surface area contributed by atoms with Crippen LogP contribution in [0, 0.1) is 12.7 Å². The number of nitrogens with one attached hydrogen (secondary N) is 1. The molecule has 0 aliphatic heterocycles. The van der Waals surface area contributed by atoms with E-state index >= 15 is 0 Å². The van der Waals surface area contributed by atoms with Crippen LogP contribution in [0.15, 0.2) is 30.5 Å². The van der Waals surface area contributed by atoms with E-state index in [0.29, 0.717) is 34.8 Å². The van der Waals surface area contributed by atoms with Crippen LogP contribution in [0.1, 0.15) is 25.0 Å². The van der Waals surface area contributed by atoms with E-state index < -0.39 is 0 Å². The monoisotopic (exact) mass is 308 g/mol. The first-order valence-electron chi connectivity index (χ1n) is 6.77. The minimum atomic E-state index is -0.286. The zero-order valence-corrected chi connectivity index (χ0v) is 13.0. The zero-order chi connectivity index (χ0) is 15.4. The van der Waals surface area contributed by atoms with Gasteiger partial charge in [0, 0.05) is 24.8 Å². The van der Waals surface area contributed by atoms with Crippen LogP contribution >= 0.6 is 11.6 Å². The van der Waals surface area contributed by atoms with Crippen LogP contribution in [0.3, 0.4) is 0 Å². The number of ether oxygens (including phenoxy) is 1. The van der Waals surface area contributed by atoms with Gasteiger partial charge in [-0.15, -0.1) is 0 Å². The fourth-order valence-corrected chi connectivity index (χ4v) is 1.97. The molecule has 0 amide bonds. The molecule has 2 aromatic rings. The summed E-state index contributed by atoms with van der Waals surface area (Å²) in [4.78, 5) is 4.15. The Morgan fingerprint density at radius 1 is 1.33 bits per heavy atom. The Morgan fingerprint density at radius 2 is 2.10 bits per heavy atom. The van der Waals surface area contributed by atoms with Crippen molar-refractivity contribution in [2.75, 3.05) is 0 Å². The number of hydrogen-bond acceptors (Lipinski definition) is 3. The summed E-state index contributed by atoms with van der Waals surface area (Å²) in [5.41, 5.74) is 1.63. The van der Waals surface area contributed by atoms with Crippen LogP contribution in [-0.4, -0.2) is 11.0 Å². The maximum Gasteiger partial charge on any atom is 0.219 e. The molecule has 0 radical (unpaired) electrons. The van der Waals surface area contributed by atoms with Crippen molar-refractivity contribution in [2.24, 2.45) is 0 Å². The SMILES string of the molecule is Cc1cc(F)ccc1Oc1cc(CNC(C)C)c(Cl)cn1. The smallest absolute Gasteiger partial charge is 0.219 e. The third kappa shape index (κ3) is 4.41. The van der Waals surface area contributed by atoms with Gasteiger partial charge in [0.05, 0.1) is 5.02 Å². The van der Waals surface area contributed by atoms with Crippen molar-refractivity contribution in [3.05, 3.63) is 52.4 Å². The predicted molar refractivity (Wildman–Crippen MR) is 82.4 cm³/mol. The number of pyridine rings is 1. The number of aryl methyl sites for hydroxylation is 1. The summed E-state index contributed by atoms with van der Waals surface area (Å²) in [7, 11) is 0. The lowest BCUT2D eigenvalue weighted by Crippen LogP contribution is -2.22. The van der Waals surface area contributed by atoms with Crippen molar-refractivity contribution in [3.63, 3.8) is 0 Å². The Balaban J connectivity index is 2.18. The lowest BCUT2D eigenvalue weighted by atomic mass is 10.2. The molecule has 112 valence electrons. The van der Waals surface area contributed by atoms with Crippen LogP contribution < -0.4 is 10.1 Å².